The monoisotopic (exact) mass is 532 g/mol. The van der Waals surface area contributed by atoms with Gasteiger partial charge in [0.25, 0.3) is 0 Å². The van der Waals surface area contributed by atoms with Gasteiger partial charge in [-0.2, -0.15) is 5.10 Å². The van der Waals surface area contributed by atoms with Gasteiger partial charge in [0.15, 0.2) is 6.23 Å². The maximum Gasteiger partial charge on any atom is 0.217 e. The lowest BCUT2D eigenvalue weighted by Crippen LogP contribution is -2.19. The van der Waals surface area contributed by atoms with E-state index in [-0.39, 0.29) is 12.3 Å². The minimum Gasteiger partial charge on any atom is -0.469 e. The summed E-state index contributed by atoms with van der Waals surface area (Å²) in [5.41, 5.74) is 3.36. The highest BCUT2D eigenvalue weighted by Gasteiger charge is 2.23. The predicted molar refractivity (Wildman–Crippen MR) is 117 cm³/mol. The van der Waals surface area contributed by atoms with Gasteiger partial charge in [-0.05, 0) is 61.8 Å². The molecule has 0 saturated carbocycles. The summed E-state index contributed by atoms with van der Waals surface area (Å²) >= 11 is 14.7. The summed E-state index contributed by atoms with van der Waals surface area (Å²) in [4.78, 5) is 8.74. The van der Waals surface area contributed by atoms with Crippen molar-refractivity contribution in [1.29, 1.82) is 0 Å². The fraction of sp³-hybridized carbons (Fsp3) is 0.421. The smallest absolute Gasteiger partial charge is 0.217 e. The van der Waals surface area contributed by atoms with E-state index in [9.17, 15) is 0 Å². The Morgan fingerprint density at radius 3 is 2.71 bits per heavy atom. The molecule has 3 aromatic rings. The maximum atomic E-state index is 6.26. The minimum absolute atomic E-state index is 0.0407. The Balaban J connectivity index is 1.69. The van der Waals surface area contributed by atoms with Gasteiger partial charge < -0.3 is 9.47 Å². The molecule has 0 bridgehead atoms. The minimum atomic E-state index is -0.374. The number of pyridine rings is 2. The largest absolute Gasteiger partial charge is 0.469 e. The van der Waals surface area contributed by atoms with Crippen LogP contribution in [0.15, 0.2) is 18.5 Å². The van der Waals surface area contributed by atoms with Crippen LogP contribution in [-0.2, 0) is 4.74 Å². The zero-order valence-electron chi connectivity index (χ0n) is 15.5. The van der Waals surface area contributed by atoms with E-state index in [1.54, 1.807) is 12.4 Å². The fourth-order valence-electron chi connectivity index (χ4n) is 3.40. The molecule has 6 nitrogen and oxygen atoms in total. The first kappa shape index (κ1) is 20.1. The number of rotatable bonds is 4. The summed E-state index contributed by atoms with van der Waals surface area (Å²) in [6.07, 6.45) is 5.90. The van der Waals surface area contributed by atoms with Gasteiger partial charge in [0.05, 0.1) is 15.6 Å². The quantitative estimate of drug-likeness (QED) is 0.392. The first-order valence-corrected chi connectivity index (χ1v) is 10.9. The SMILES string of the molecule is Cc1cc2c(nc1O[C@H](C)c1c(Cl)cncc1Cl)c(I)nn2C1CCCCO1. The number of hydrogen-bond acceptors (Lipinski definition) is 5. The highest BCUT2D eigenvalue weighted by atomic mass is 127. The van der Waals surface area contributed by atoms with E-state index < -0.39 is 0 Å². The Bertz CT molecular complexity index is 1000. The van der Waals surface area contributed by atoms with Crippen LogP contribution in [0.1, 0.15) is 49.6 Å². The fourth-order valence-corrected chi connectivity index (χ4v) is 4.70. The third kappa shape index (κ3) is 3.81. The Labute approximate surface area is 186 Å². The van der Waals surface area contributed by atoms with E-state index in [4.69, 9.17) is 37.7 Å². The van der Waals surface area contributed by atoms with Gasteiger partial charge in [0.1, 0.15) is 15.3 Å². The number of aryl methyl sites for hydroxylation is 1. The van der Waals surface area contributed by atoms with Crippen LogP contribution < -0.4 is 4.74 Å². The van der Waals surface area contributed by atoms with Crippen LogP contribution in [-0.4, -0.2) is 26.4 Å². The number of ether oxygens (including phenoxy) is 2. The van der Waals surface area contributed by atoms with Crippen molar-refractivity contribution in [1.82, 2.24) is 19.7 Å². The standard InChI is InChI=1S/C19H19Cl2IN4O2/c1-10-7-14-17(18(22)25-26(14)15-5-3-4-6-27-15)24-19(10)28-11(2)16-12(20)8-23-9-13(16)21/h7-9,11,15H,3-6H2,1-2H3/t11-,15?/m1/s1. The molecule has 4 rings (SSSR count). The van der Waals surface area contributed by atoms with Crippen molar-refractivity contribution < 1.29 is 9.47 Å². The molecule has 1 aliphatic heterocycles. The summed E-state index contributed by atoms with van der Waals surface area (Å²) in [7, 11) is 0. The zero-order chi connectivity index (χ0) is 19.8. The van der Waals surface area contributed by atoms with Gasteiger partial charge in [-0.3, -0.25) is 4.98 Å². The van der Waals surface area contributed by atoms with Crippen molar-refractivity contribution in [3.8, 4) is 5.88 Å². The average Bonchev–Trinajstić information content (AvgIpc) is 2.98. The highest BCUT2D eigenvalue weighted by molar-refractivity contribution is 14.1. The van der Waals surface area contributed by atoms with Gasteiger partial charge in [-0.15, -0.1) is 0 Å². The number of halogens is 3. The van der Waals surface area contributed by atoms with Crippen molar-refractivity contribution in [3.63, 3.8) is 0 Å². The summed E-state index contributed by atoms with van der Waals surface area (Å²) in [6, 6.07) is 2.05. The number of aromatic nitrogens is 4. The number of nitrogens with zero attached hydrogens (tertiary/aromatic N) is 4. The highest BCUT2D eigenvalue weighted by Crippen LogP contribution is 2.35. The number of hydrogen-bond donors (Lipinski definition) is 0. The van der Waals surface area contributed by atoms with Crippen LogP contribution in [0.4, 0.5) is 0 Å². The Morgan fingerprint density at radius 2 is 2.04 bits per heavy atom. The maximum absolute atomic E-state index is 6.26. The van der Waals surface area contributed by atoms with Gasteiger partial charge >= 0.3 is 0 Å². The van der Waals surface area contributed by atoms with Crippen LogP contribution in [0.3, 0.4) is 0 Å². The first-order valence-electron chi connectivity index (χ1n) is 9.08. The molecule has 0 amide bonds. The molecule has 1 saturated heterocycles. The summed E-state index contributed by atoms with van der Waals surface area (Å²) < 4.78 is 14.8. The van der Waals surface area contributed by atoms with Crippen LogP contribution in [0.5, 0.6) is 5.88 Å². The molecule has 1 unspecified atom stereocenters. The van der Waals surface area contributed by atoms with Gasteiger partial charge in [-0.1, -0.05) is 23.2 Å². The van der Waals surface area contributed by atoms with Crippen LogP contribution in [0.25, 0.3) is 11.0 Å². The lowest BCUT2D eigenvalue weighted by molar-refractivity contribution is -0.0368. The van der Waals surface area contributed by atoms with Crippen molar-refractivity contribution in [2.45, 2.75) is 45.4 Å². The predicted octanol–water partition coefficient (Wildman–Crippen LogP) is 5.89. The molecule has 0 aromatic carbocycles. The molecule has 0 N–H and O–H groups in total. The average molecular weight is 533 g/mol. The van der Waals surface area contributed by atoms with E-state index in [0.717, 1.165) is 46.2 Å². The van der Waals surface area contributed by atoms with Crippen molar-refractivity contribution in [3.05, 3.63) is 43.3 Å². The topological polar surface area (TPSA) is 62.1 Å². The van der Waals surface area contributed by atoms with Gasteiger partial charge in [0, 0.05) is 30.1 Å². The molecule has 1 fully saturated rings. The Morgan fingerprint density at radius 1 is 1.29 bits per heavy atom. The molecule has 9 heteroatoms. The van der Waals surface area contributed by atoms with Gasteiger partial charge in [-0.25, -0.2) is 9.67 Å². The molecule has 2 atom stereocenters. The van der Waals surface area contributed by atoms with E-state index >= 15 is 0 Å². The zero-order valence-corrected chi connectivity index (χ0v) is 19.1. The normalized spacial score (nSPS) is 18.4. The third-order valence-corrected chi connectivity index (χ3v) is 6.13. The van der Waals surface area contributed by atoms with E-state index in [0.29, 0.717) is 21.5 Å². The van der Waals surface area contributed by atoms with Gasteiger partial charge in [0.2, 0.25) is 5.88 Å². The van der Waals surface area contributed by atoms with E-state index in [1.807, 2.05) is 24.6 Å². The molecule has 28 heavy (non-hydrogen) atoms. The third-order valence-electron chi connectivity index (χ3n) is 4.80. The molecular formula is C19H19Cl2IN4O2. The van der Waals surface area contributed by atoms with Crippen LogP contribution in [0.2, 0.25) is 10.0 Å². The Kier molecular flexibility index (Phi) is 5.96. The molecule has 0 radical (unpaired) electrons. The molecule has 0 spiro atoms. The second-order valence-electron chi connectivity index (χ2n) is 6.81. The molecular weight excluding hydrogens is 514 g/mol. The molecule has 0 aliphatic carbocycles. The first-order chi connectivity index (χ1) is 13.5. The van der Waals surface area contributed by atoms with Crippen molar-refractivity contribution >= 4 is 56.8 Å². The second-order valence-corrected chi connectivity index (χ2v) is 8.65. The second kappa shape index (κ2) is 8.30. The summed E-state index contributed by atoms with van der Waals surface area (Å²) in [5.74, 6) is 0.533. The van der Waals surface area contributed by atoms with Crippen molar-refractivity contribution in [2.24, 2.45) is 0 Å². The van der Waals surface area contributed by atoms with E-state index in [1.165, 1.54) is 0 Å². The summed E-state index contributed by atoms with van der Waals surface area (Å²) in [6.45, 7) is 4.63. The van der Waals surface area contributed by atoms with Crippen LogP contribution in [0, 0.1) is 10.6 Å². The molecule has 1 aliphatic rings. The van der Waals surface area contributed by atoms with Crippen LogP contribution >= 0.6 is 45.8 Å². The summed E-state index contributed by atoms with van der Waals surface area (Å²) in [5, 5.41) is 5.61. The molecule has 148 valence electrons. The van der Waals surface area contributed by atoms with Crippen molar-refractivity contribution in [2.75, 3.05) is 6.61 Å². The molecule has 3 aromatic heterocycles. The van der Waals surface area contributed by atoms with E-state index in [2.05, 4.69) is 32.7 Å². The Hall–Kier alpha value is -1.16. The lowest BCUT2D eigenvalue weighted by Gasteiger charge is -2.23. The number of fused-ring (bicyclic) bond motifs is 1. The molecule has 4 heterocycles. The lowest BCUT2D eigenvalue weighted by atomic mass is 10.1.